The van der Waals surface area contributed by atoms with Gasteiger partial charge in [-0.3, -0.25) is 9.59 Å². The van der Waals surface area contributed by atoms with Crippen LogP contribution in [0.5, 0.6) is 0 Å². The van der Waals surface area contributed by atoms with Crippen LogP contribution in [0.4, 0.5) is 0 Å². The molecule has 4 heteroatoms. The van der Waals surface area contributed by atoms with Gasteiger partial charge in [-0.2, -0.15) is 0 Å². The lowest BCUT2D eigenvalue weighted by Gasteiger charge is -2.16. The molecule has 0 atom stereocenters. The average Bonchev–Trinajstić information content (AvgIpc) is 2.20. The first-order chi connectivity index (χ1) is 7.71. The number of carbonyl (C=O) groups is 2. The predicted molar refractivity (Wildman–Crippen MR) is 69.9 cm³/mol. The molecule has 1 aromatic carbocycles. The van der Waals surface area contributed by atoms with E-state index >= 15 is 0 Å². The maximum Gasteiger partial charge on any atom is 0.171 e. The molecule has 0 N–H and O–H groups in total. The van der Waals surface area contributed by atoms with Crippen LogP contribution in [0.25, 0.3) is 0 Å². The number of ketones is 2. The van der Waals surface area contributed by atoms with Gasteiger partial charge < -0.3 is 0 Å². The predicted octanol–water partition coefficient (Wildman–Crippen LogP) is 4.18. The van der Waals surface area contributed by atoms with Gasteiger partial charge in [-0.05, 0) is 18.2 Å². The molecule has 0 radical (unpaired) electrons. The minimum Gasteiger partial charge on any atom is -0.299 e. The zero-order chi connectivity index (χ0) is 13.2. The summed E-state index contributed by atoms with van der Waals surface area (Å²) in [5.74, 6) is -0.407. The van der Waals surface area contributed by atoms with Gasteiger partial charge in [0.1, 0.15) is 5.78 Å². The van der Waals surface area contributed by atoms with Crippen molar-refractivity contribution in [3.8, 4) is 0 Å². The maximum atomic E-state index is 11.9. The van der Waals surface area contributed by atoms with Gasteiger partial charge in [-0.15, -0.1) is 0 Å². The molecule has 0 spiro atoms. The van der Waals surface area contributed by atoms with Gasteiger partial charge in [0.05, 0.1) is 11.4 Å². The van der Waals surface area contributed by atoms with Gasteiger partial charge in [0.15, 0.2) is 5.78 Å². The Hall–Kier alpha value is -0.860. The first kappa shape index (κ1) is 14.2. The summed E-state index contributed by atoms with van der Waals surface area (Å²) in [7, 11) is 0. The van der Waals surface area contributed by atoms with Crippen molar-refractivity contribution in [3.63, 3.8) is 0 Å². The summed E-state index contributed by atoms with van der Waals surface area (Å²) >= 11 is 11.7. The van der Waals surface area contributed by atoms with Crippen molar-refractivity contribution in [1.29, 1.82) is 0 Å². The third-order valence-electron chi connectivity index (χ3n) is 2.39. The highest BCUT2D eigenvalue weighted by atomic mass is 35.5. The summed E-state index contributed by atoms with van der Waals surface area (Å²) in [6.45, 7) is 5.34. The lowest BCUT2D eigenvalue weighted by molar-refractivity contribution is -0.125. The van der Waals surface area contributed by atoms with Crippen molar-refractivity contribution in [2.24, 2.45) is 5.41 Å². The fraction of sp³-hybridized carbons (Fsp3) is 0.385. The molecule has 17 heavy (non-hydrogen) atoms. The number of Topliss-reactive ketones (excluding diaryl/α,β-unsaturated/α-hetero) is 2. The van der Waals surface area contributed by atoms with Gasteiger partial charge in [0.2, 0.25) is 0 Å². The molecule has 1 aromatic rings. The van der Waals surface area contributed by atoms with E-state index in [1.54, 1.807) is 32.9 Å². The highest BCUT2D eigenvalue weighted by molar-refractivity contribution is 6.36. The Morgan fingerprint density at radius 1 is 1.18 bits per heavy atom. The van der Waals surface area contributed by atoms with E-state index in [1.165, 1.54) is 6.07 Å². The third kappa shape index (κ3) is 3.83. The molecular weight excluding hydrogens is 259 g/mol. The van der Waals surface area contributed by atoms with Gasteiger partial charge in [-0.1, -0.05) is 44.0 Å². The zero-order valence-electron chi connectivity index (χ0n) is 10.0. The third-order valence-corrected chi connectivity index (χ3v) is 2.95. The maximum absolute atomic E-state index is 11.9. The number of benzene rings is 1. The average molecular weight is 273 g/mol. The fourth-order valence-corrected chi connectivity index (χ4v) is 1.61. The Morgan fingerprint density at radius 2 is 1.76 bits per heavy atom. The number of hydrogen-bond donors (Lipinski definition) is 0. The van der Waals surface area contributed by atoms with Crippen molar-refractivity contribution in [2.45, 2.75) is 27.2 Å². The molecule has 0 fully saturated rings. The summed E-state index contributed by atoms with van der Waals surface area (Å²) in [6, 6.07) is 4.65. The lowest BCUT2D eigenvalue weighted by Crippen LogP contribution is -2.23. The SMILES string of the molecule is CC(C)(C)C(=O)CC(=O)c1cc(Cl)ccc1Cl. The molecule has 0 saturated carbocycles. The van der Waals surface area contributed by atoms with Crippen LogP contribution < -0.4 is 0 Å². The van der Waals surface area contributed by atoms with Gasteiger partial charge in [0, 0.05) is 16.0 Å². The summed E-state index contributed by atoms with van der Waals surface area (Å²) in [5, 5.41) is 0.752. The van der Waals surface area contributed by atoms with Crippen molar-refractivity contribution in [1.82, 2.24) is 0 Å². The first-order valence-electron chi connectivity index (χ1n) is 5.23. The minimum atomic E-state index is -0.527. The van der Waals surface area contributed by atoms with Crippen LogP contribution in [0.2, 0.25) is 10.0 Å². The van der Waals surface area contributed by atoms with Crippen LogP contribution in [0.15, 0.2) is 18.2 Å². The zero-order valence-corrected chi connectivity index (χ0v) is 11.5. The Labute approximate surface area is 111 Å². The molecule has 0 aliphatic heterocycles. The molecule has 2 nitrogen and oxygen atoms in total. The standard InChI is InChI=1S/C13H14Cl2O2/c1-13(2,3)12(17)7-11(16)9-6-8(14)4-5-10(9)15/h4-6H,7H2,1-3H3. The number of halogens is 2. The number of hydrogen-bond acceptors (Lipinski definition) is 2. The van der Waals surface area contributed by atoms with Crippen molar-refractivity contribution in [2.75, 3.05) is 0 Å². The highest BCUT2D eigenvalue weighted by Gasteiger charge is 2.25. The summed E-state index contributed by atoms with van der Waals surface area (Å²) in [5.41, 5.74) is -0.225. The quantitative estimate of drug-likeness (QED) is 0.611. The van der Waals surface area contributed by atoms with E-state index in [2.05, 4.69) is 0 Å². The van der Waals surface area contributed by atoms with E-state index in [9.17, 15) is 9.59 Å². The Balaban J connectivity index is 2.91. The largest absolute Gasteiger partial charge is 0.299 e. The van der Waals surface area contributed by atoms with Crippen LogP contribution in [0.3, 0.4) is 0 Å². The van der Waals surface area contributed by atoms with E-state index in [0.29, 0.717) is 15.6 Å². The van der Waals surface area contributed by atoms with E-state index in [1.807, 2.05) is 0 Å². The minimum absolute atomic E-state index is 0.112. The first-order valence-corrected chi connectivity index (χ1v) is 5.99. The monoisotopic (exact) mass is 272 g/mol. The summed E-state index contributed by atoms with van der Waals surface area (Å²) < 4.78 is 0. The molecule has 0 heterocycles. The van der Waals surface area contributed by atoms with Gasteiger partial charge >= 0.3 is 0 Å². The topological polar surface area (TPSA) is 34.1 Å². The van der Waals surface area contributed by atoms with Crippen molar-refractivity contribution in [3.05, 3.63) is 33.8 Å². The number of rotatable bonds is 3. The van der Waals surface area contributed by atoms with Crippen LogP contribution in [-0.4, -0.2) is 11.6 Å². The Morgan fingerprint density at radius 3 is 2.29 bits per heavy atom. The molecule has 0 amide bonds. The van der Waals surface area contributed by atoms with Crippen LogP contribution in [0.1, 0.15) is 37.6 Å². The Kier molecular flexibility index (Phi) is 4.34. The van der Waals surface area contributed by atoms with E-state index in [4.69, 9.17) is 23.2 Å². The summed E-state index contributed by atoms with van der Waals surface area (Å²) in [4.78, 5) is 23.7. The van der Waals surface area contributed by atoms with E-state index < -0.39 is 5.41 Å². The molecule has 0 aromatic heterocycles. The van der Waals surface area contributed by atoms with Crippen molar-refractivity contribution < 1.29 is 9.59 Å². The van der Waals surface area contributed by atoms with Crippen LogP contribution in [-0.2, 0) is 4.79 Å². The molecule has 0 aliphatic carbocycles. The summed E-state index contributed by atoms with van der Waals surface area (Å²) in [6.07, 6.45) is -0.149. The molecule has 0 aliphatic rings. The molecule has 0 saturated heterocycles. The number of carbonyl (C=O) groups excluding carboxylic acids is 2. The normalized spacial score (nSPS) is 11.4. The lowest BCUT2D eigenvalue weighted by atomic mass is 9.87. The van der Waals surface area contributed by atoms with E-state index in [-0.39, 0.29) is 18.0 Å². The van der Waals surface area contributed by atoms with Gasteiger partial charge in [0.25, 0.3) is 0 Å². The van der Waals surface area contributed by atoms with Gasteiger partial charge in [-0.25, -0.2) is 0 Å². The van der Waals surface area contributed by atoms with E-state index in [0.717, 1.165) is 0 Å². The smallest absolute Gasteiger partial charge is 0.171 e. The molecule has 0 bridgehead atoms. The Bertz CT molecular complexity index is 459. The van der Waals surface area contributed by atoms with Crippen molar-refractivity contribution >= 4 is 34.8 Å². The molecule has 92 valence electrons. The molecular formula is C13H14Cl2O2. The highest BCUT2D eigenvalue weighted by Crippen LogP contribution is 2.24. The second-order valence-electron chi connectivity index (χ2n) is 4.90. The van der Waals surface area contributed by atoms with Crippen LogP contribution in [0, 0.1) is 5.41 Å². The molecule has 0 unspecified atom stereocenters. The fourth-order valence-electron chi connectivity index (χ4n) is 1.22. The second kappa shape index (κ2) is 5.19. The van der Waals surface area contributed by atoms with Crippen LogP contribution >= 0.6 is 23.2 Å². The second-order valence-corrected chi connectivity index (χ2v) is 5.74. The molecule has 1 rings (SSSR count).